The van der Waals surface area contributed by atoms with E-state index in [-0.39, 0.29) is 17.2 Å². The van der Waals surface area contributed by atoms with Gasteiger partial charge < -0.3 is 9.67 Å². The number of aryl methyl sites for hydroxylation is 1. The van der Waals surface area contributed by atoms with E-state index < -0.39 is 23.0 Å². The molecule has 1 aromatic heterocycles. The quantitative estimate of drug-likeness (QED) is 0.689. The van der Waals surface area contributed by atoms with Crippen LogP contribution in [0.1, 0.15) is 32.6 Å². The van der Waals surface area contributed by atoms with Crippen molar-refractivity contribution in [3.8, 4) is 5.69 Å². The van der Waals surface area contributed by atoms with E-state index in [0.717, 1.165) is 22.7 Å². The fourth-order valence-corrected chi connectivity index (χ4v) is 4.83. The van der Waals surface area contributed by atoms with E-state index in [1.807, 2.05) is 24.3 Å². The highest BCUT2D eigenvalue weighted by atomic mass is 32.2. The Bertz CT molecular complexity index is 1170. The van der Waals surface area contributed by atoms with Gasteiger partial charge in [-0.3, -0.25) is 4.79 Å². The number of benzene rings is 2. The monoisotopic (exact) mass is 399 g/mol. The van der Waals surface area contributed by atoms with Gasteiger partial charge in [-0.2, -0.15) is 0 Å². The molecule has 0 spiro atoms. The van der Waals surface area contributed by atoms with Crippen molar-refractivity contribution in [3.63, 3.8) is 0 Å². The molecule has 4 rings (SSSR count). The Kier molecular flexibility index (Phi) is 4.55. The Morgan fingerprint density at radius 1 is 1.14 bits per heavy atom. The molecule has 0 saturated carbocycles. The van der Waals surface area contributed by atoms with Gasteiger partial charge in [-0.25, -0.2) is 13.6 Å². The van der Waals surface area contributed by atoms with E-state index in [2.05, 4.69) is 0 Å². The molecule has 0 unspecified atom stereocenters. The van der Waals surface area contributed by atoms with Crippen molar-refractivity contribution in [3.05, 3.63) is 92.9 Å². The number of thioether (sulfide) groups is 1. The van der Waals surface area contributed by atoms with Gasteiger partial charge in [0, 0.05) is 34.0 Å². The number of carboxylic acid groups (broad SMARTS) is 1. The summed E-state index contributed by atoms with van der Waals surface area (Å²) in [6, 6.07) is 12.4. The van der Waals surface area contributed by atoms with Crippen molar-refractivity contribution in [2.75, 3.05) is 0 Å². The average Bonchev–Trinajstić information content (AvgIpc) is 2.80. The summed E-state index contributed by atoms with van der Waals surface area (Å²) in [5.41, 5.74) is 1.39. The average molecular weight is 399 g/mol. The second kappa shape index (κ2) is 6.91. The van der Waals surface area contributed by atoms with Crippen LogP contribution < -0.4 is 5.43 Å². The lowest BCUT2D eigenvalue weighted by Crippen LogP contribution is -2.24. The number of pyridine rings is 1. The summed E-state index contributed by atoms with van der Waals surface area (Å²) in [5.74, 6) is -3.21. The number of aromatic carboxylic acids is 1. The number of hydrogen-bond acceptors (Lipinski definition) is 3. The molecule has 0 aliphatic carbocycles. The van der Waals surface area contributed by atoms with Crippen LogP contribution in [-0.4, -0.2) is 15.6 Å². The van der Waals surface area contributed by atoms with Crippen molar-refractivity contribution in [2.24, 2.45) is 0 Å². The summed E-state index contributed by atoms with van der Waals surface area (Å²) in [5, 5.41) is 9.28. The van der Waals surface area contributed by atoms with E-state index in [0.29, 0.717) is 17.0 Å². The molecule has 3 aromatic rings. The van der Waals surface area contributed by atoms with Crippen molar-refractivity contribution < 1.29 is 18.7 Å². The van der Waals surface area contributed by atoms with Crippen molar-refractivity contribution in [1.82, 2.24) is 4.57 Å². The Labute approximate surface area is 163 Å². The maximum absolute atomic E-state index is 13.8. The summed E-state index contributed by atoms with van der Waals surface area (Å²) in [4.78, 5) is 25.1. The smallest absolute Gasteiger partial charge is 0.341 e. The minimum Gasteiger partial charge on any atom is -0.477 e. The molecule has 28 heavy (non-hydrogen) atoms. The molecule has 1 N–H and O–H groups in total. The summed E-state index contributed by atoms with van der Waals surface area (Å²) in [6.07, 6.45) is 0.184. The van der Waals surface area contributed by atoms with Gasteiger partial charge in [0.1, 0.15) is 5.56 Å². The lowest BCUT2D eigenvalue weighted by molar-refractivity contribution is 0.0693. The Hall–Kier alpha value is -2.93. The van der Waals surface area contributed by atoms with Gasteiger partial charge in [-0.15, -0.1) is 11.8 Å². The van der Waals surface area contributed by atoms with Crippen LogP contribution in [0.15, 0.2) is 58.2 Å². The molecule has 1 aliphatic rings. The number of halogens is 2. The number of aromatic nitrogens is 1. The summed E-state index contributed by atoms with van der Waals surface area (Å²) < 4.78 is 29.0. The number of carboxylic acids is 1. The molecule has 142 valence electrons. The highest BCUT2D eigenvalue weighted by molar-refractivity contribution is 7.99. The fraction of sp³-hybridized carbons (Fsp3) is 0.143. The first-order valence-corrected chi connectivity index (χ1v) is 9.44. The fourth-order valence-electron chi connectivity index (χ4n) is 3.56. The molecule has 0 bridgehead atoms. The number of rotatable bonds is 2. The van der Waals surface area contributed by atoms with E-state index in [9.17, 15) is 23.5 Å². The number of carbonyl (C=O) groups is 1. The van der Waals surface area contributed by atoms with E-state index in [4.69, 9.17) is 0 Å². The molecule has 4 nitrogen and oxygen atoms in total. The molecule has 0 fully saturated rings. The minimum atomic E-state index is -1.30. The topological polar surface area (TPSA) is 59.3 Å². The number of para-hydroxylation sites is 1. The van der Waals surface area contributed by atoms with Gasteiger partial charge in [0.15, 0.2) is 17.1 Å². The zero-order valence-electron chi connectivity index (χ0n) is 14.8. The van der Waals surface area contributed by atoms with Gasteiger partial charge in [-0.05, 0) is 36.8 Å². The Morgan fingerprint density at radius 3 is 2.61 bits per heavy atom. The Morgan fingerprint density at radius 2 is 1.89 bits per heavy atom. The standard InChI is InChI=1S/C21H15F2NO3S/c1-11-8-17(25)20(21(26)27)16-10-19(12-6-7-13(22)14(23)9-12)28-18-5-3-2-4-15(18)24(11)16/h2-9,19H,10H2,1H3,(H,26,27)/t19-/m0/s1. The SMILES string of the molecule is Cc1cc(=O)c(C(=O)O)c2n1-c1ccccc1S[C@H](c1ccc(F)c(F)c1)C2. The predicted octanol–water partition coefficient (Wildman–Crippen LogP) is 4.51. The Balaban J connectivity index is 2.01. The summed E-state index contributed by atoms with van der Waals surface area (Å²) >= 11 is 1.43. The van der Waals surface area contributed by atoms with Gasteiger partial charge in [0.25, 0.3) is 0 Å². The molecule has 2 aromatic carbocycles. The van der Waals surface area contributed by atoms with E-state index >= 15 is 0 Å². The molecule has 7 heteroatoms. The van der Waals surface area contributed by atoms with Crippen LogP contribution in [-0.2, 0) is 6.42 Å². The molecular formula is C21H15F2NO3S. The van der Waals surface area contributed by atoms with Crippen LogP contribution in [0.4, 0.5) is 8.78 Å². The normalized spacial score (nSPS) is 15.5. The molecule has 1 aliphatic heterocycles. The second-order valence-electron chi connectivity index (χ2n) is 6.56. The first-order valence-electron chi connectivity index (χ1n) is 8.56. The third-order valence-corrected chi connectivity index (χ3v) is 6.10. The largest absolute Gasteiger partial charge is 0.477 e. The molecule has 0 saturated heterocycles. The van der Waals surface area contributed by atoms with Crippen LogP contribution in [0.3, 0.4) is 0 Å². The van der Waals surface area contributed by atoms with Crippen molar-refractivity contribution >= 4 is 17.7 Å². The first-order chi connectivity index (χ1) is 13.4. The van der Waals surface area contributed by atoms with Gasteiger partial charge in [0.2, 0.25) is 0 Å². The molecule has 0 amide bonds. The highest BCUT2D eigenvalue weighted by Gasteiger charge is 2.29. The third kappa shape index (κ3) is 3.01. The lowest BCUT2D eigenvalue weighted by Gasteiger charge is -2.18. The van der Waals surface area contributed by atoms with Gasteiger partial charge in [0.05, 0.1) is 5.69 Å². The zero-order chi connectivity index (χ0) is 20.0. The van der Waals surface area contributed by atoms with Crippen LogP contribution >= 0.6 is 11.8 Å². The number of hydrogen-bond donors (Lipinski definition) is 1. The first kappa shape index (κ1) is 18.4. The molecule has 0 radical (unpaired) electrons. The zero-order valence-corrected chi connectivity index (χ0v) is 15.6. The van der Waals surface area contributed by atoms with Crippen molar-refractivity contribution in [2.45, 2.75) is 23.5 Å². The van der Waals surface area contributed by atoms with Crippen LogP contribution in [0, 0.1) is 18.6 Å². The predicted molar refractivity (Wildman–Crippen MR) is 102 cm³/mol. The number of fused-ring (bicyclic) bond motifs is 3. The van der Waals surface area contributed by atoms with Crippen molar-refractivity contribution in [1.29, 1.82) is 0 Å². The van der Waals surface area contributed by atoms with Crippen LogP contribution in [0.5, 0.6) is 0 Å². The highest BCUT2D eigenvalue weighted by Crippen LogP contribution is 2.44. The third-order valence-electron chi connectivity index (χ3n) is 4.78. The maximum Gasteiger partial charge on any atom is 0.341 e. The summed E-state index contributed by atoms with van der Waals surface area (Å²) in [7, 11) is 0. The van der Waals surface area contributed by atoms with Crippen LogP contribution in [0.2, 0.25) is 0 Å². The minimum absolute atomic E-state index is 0.184. The molecule has 2 heterocycles. The van der Waals surface area contributed by atoms with Gasteiger partial charge in [-0.1, -0.05) is 18.2 Å². The lowest BCUT2D eigenvalue weighted by atomic mass is 10.0. The van der Waals surface area contributed by atoms with Crippen LogP contribution in [0.25, 0.3) is 5.69 Å². The van der Waals surface area contributed by atoms with E-state index in [1.54, 1.807) is 11.5 Å². The number of nitrogens with zero attached hydrogens (tertiary/aromatic N) is 1. The molecule has 1 atom stereocenters. The summed E-state index contributed by atoms with van der Waals surface area (Å²) in [6.45, 7) is 1.75. The van der Waals surface area contributed by atoms with E-state index in [1.165, 1.54) is 23.9 Å². The van der Waals surface area contributed by atoms with Gasteiger partial charge >= 0.3 is 5.97 Å². The molecular weight excluding hydrogens is 384 g/mol. The second-order valence-corrected chi connectivity index (χ2v) is 7.81. The maximum atomic E-state index is 13.8.